The van der Waals surface area contributed by atoms with Crippen LogP contribution in [0.15, 0.2) is 191 Å². The third kappa shape index (κ3) is 4.17. The van der Waals surface area contributed by atoms with Crippen molar-refractivity contribution >= 4 is 87.0 Å². The van der Waals surface area contributed by atoms with E-state index in [-0.39, 0.29) is 0 Å². The van der Waals surface area contributed by atoms with Crippen LogP contribution in [0.5, 0.6) is 0 Å². The van der Waals surface area contributed by atoms with Crippen molar-refractivity contribution in [3.63, 3.8) is 0 Å². The minimum atomic E-state index is 0.859. The molecule has 0 saturated heterocycles. The topological polar surface area (TPSA) is 26.3 Å². The third-order valence-electron chi connectivity index (χ3n) is 11.4. The van der Waals surface area contributed by atoms with Gasteiger partial charge < -0.3 is 8.83 Å². The first-order chi connectivity index (χ1) is 26.8. The molecule has 2 heterocycles. The second-order valence-corrected chi connectivity index (χ2v) is 14.3. The van der Waals surface area contributed by atoms with Crippen LogP contribution in [0.1, 0.15) is 0 Å². The van der Waals surface area contributed by atoms with Crippen LogP contribution in [0.4, 0.5) is 0 Å². The second-order valence-electron chi connectivity index (χ2n) is 14.3. The highest BCUT2D eigenvalue weighted by atomic mass is 16.3. The molecule has 0 aliphatic rings. The van der Waals surface area contributed by atoms with Crippen molar-refractivity contribution < 1.29 is 8.83 Å². The van der Waals surface area contributed by atoms with Gasteiger partial charge in [-0.2, -0.15) is 0 Å². The number of hydrogen-bond donors (Lipinski definition) is 0. The summed E-state index contributed by atoms with van der Waals surface area (Å²) in [6.07, 6.45) is 0. The number of benzene rings is 10. The average molecular weight is 687 g/mol. The number of fused-ring (bicyclic) bond motifs is 10. The molecule has 2 aromatic heterocycles. The molecule has 0 saturated carbocycles. The molecule has 0 spiro atoms. The molecule has 0 unspecified atom stereocenters. The Hall–Kier alpha value is -7.16. The molecular weight excluding hydrogens is 657 g/mol. The van der Waals surface area contributed by atoms with Crippen molar-refractivity contribution in [2.24, 2.45) is 0 Å². The van der Waals surface area contributed by atoms with Crippen LogP contribution in [0.2, 0.25) is 0 Å². The molecule has 0 aliphatic heterocycles. The van der Waals surface area contributed by atoms with Gasteiger partial charge in [0.2, 0.25) is 0 Å². The molecule has 12 rings (SSSR count). The van der Waals surface area contributed by atoms with Crippen LogP contribution in [-0.2, 0) is 0 Å². The van der Waals surface area contributed by atoms with Gasteiger partial charge in [-0.25, -0.2) is 0 Å². The summed E-state index contributed by atoms with van der Waals surface area (Å²) in [6.45, 7) is 0. The van der Waals surface area contributed by atoms with Crippen LogP contribution in [0, 0.1) is 0 Å². The molecule has 0 aliphatic carbocycles. The van der Waals surface area contributed by atoms with Gasteiger partial charge in [0.25, 0.3) is 0 Å². The largest absolute Gasteiger partial charge is 0.456 e. The van der Waals surface area contributed by atoms with Gasteiger partial charge in [-0.3, -0.25) is 0 Å². The summed E-state index contributed by atoms with van der Waals surface area (Å²) < 4.78 is 13.4. The summed E-state index contributed by atoms with van der Waals surface area (Å²) in [5, 5.41) is 14.2. The maximum atomic E-state index is 6.79. The van der Waals surface area contributed by atoms with Gasteiger partial charge in [-0.05, 0) is 107 Å². The minimum absolute atomic E-state index is 0.859. The van der Waals surface area contributed by atoms with Crippen molar-refractivity contribution in [1.29, 1.82) is 0 Å². The van der Waals surface area contributed by atoms with Gasteiger partial charge in [0.05, 0.1) is 0 Å². The van der Waals surface area contributed by atoms with Gasteiger partial charge in [0.15, 0.2) is 0 Å². The molecule has 10 aromatic carbocycles. The van der Waals surface area contributed by atoms with E-state index in [1.807, 2.05) is 12.1 Å². The van der Waals surface area contributed by atoms with E-state index in [0.29, 0.717) is 0 Å². The predicted octanol–water partition coefficient (Wildman–Crippen LogP) is 15.1. The van der Waals surface area contributed by atoms with E-state index < -0.39 is 0 Å². The molecule has 0 radical (unpaired) electrons. The number of furan rings is 2. The first-order valence-electron chi connectivity index (χ1n) is 18.5. The summed E-state index contributed by atoms with van der Waals surface area (Å²) in [5.74, 6) is 0. The quantitative estimate of drug-likeness (QED) is 0.173. The van der Waals surface area contributed by atoms with E-state index in [1.54, 1.807) is 0 Å². The van der Waals surface area contributed by atoms with Gasteiger partial charge in [0, 0.05) is 27.1 Å². The van der Waals surface area contributed by atoms with Crippen LogP contribution in [0.25, 0.3) is 120 Å². The van der Waals surface area contributed by atoms with Crippen LogP contribution >= 0.6 is 0 Å². The summed E-state index contributed by atoms with van der Waals surface area (Å²) in [4.78, 5) is 0. The maximum absolute atomic E-state index is 6.79. The fourth-order valence-corrected chi connectivity index (χ4v) is 9.07. The second kappa shape index (κ2) is 11.2. The molecule has 0 fully saturated rings. The van der Waals surface area contributed by atoms with Crippen molar-refractivity contribution in [2.75, 3.05) is 0 Å². The van der Waals surface area contributed by atoms with Crippen molar-refractivity contribution in [3.8, 4) is 33.4 Å². The molecule has 2 heteroatoms. The molecule has 2 nitrogen and oxygen atoms in total. The average Bonchev–Trinajstić information content (AvgIpc) is 3.79. The van der Waals surface area contributed by atoms with E-state index >= 15 is 0 Å². The maximum Gasteiger partial charge on any atom is 0.143 e. The lowest BCUT2D eigenvalue weighted by atomic mass is 9.84. The fraction of sp³-hybridized carbons (Fsp3) is 0. The van der Waals surface area contributed by atoms with Crippen molar-refractivity contribution in [3.05, 3.63) is 182 Å². The lowest BCUT2D eigenvalue weighted by Crippen LogP contribution is -1.91. The Morgan fingerprint density at radius 2 is 0.759 bits per heavy atom. The first-order valence-corrected chi connectivity index (χ1v) is 18.5. The molecular formula is C52H30O2. The zero-order valence-electron chi connectivity index (χ0n) is 29.1. The first kappa shape index (κ1) is 29.4. The lowest BCUT2D eigenvalue weighted by Gasteiger charge is -2.18. The van der Waals surface area contributed by atoms with Crippen LogP contribution < -0.4 is 0 Å². The Kier molecular flexibility index (Phi) is 6.09. The van der Waals surface area contributed by atoms with Gasteiger partial charge in [0.1, 0.15) is 22.3 Å². The van der Waals surface area contributed by atoms with E-state index in [2.05, 4.69) is 170 Å². The van der Waals surface area contributed by atoms with Crippen LogP contribution in [-0.4, -0.2) is 0 Å². The van der Waals surface area contributed by atoms with E-state index in [0.717, 1.165) is 66.0 Å². The molecule has 0 bridgehead atoms. The molecule has 0 amide bonds. The Morgan fingerprint density at radius 1 is 0.259 bits per heavy atom. The number of para-hydroxylation sites is 1. The smallest absolute Gasteiger partial charge is 0.143 e. The van der Waals surface area contributed by atoms with Crippen molar-refractivity contribution in [2.45, 2.75) is 0 Å². The SMILES string of the molecule is c1ccc2c(-c3c4ccccc4c(-c4ccc5c(c4)oc4cc(-c6c7ccccc7cc7c6oc6ccccc67)ccc45)c4ccccc34)cccc2c1. The van der Waals surface area contributed by atoms with Gasteiger partial charge in [-0.1, -0.05) is 146 Å². The van der Waals surface area contributed by atoms with Crippen LogP contribution in [0.3, 0.4) is 0 Å². The fourth-order valence-electron chi connectivity index (χ4n) is 9.07. The summed E-state index contributed by atoms with van der Waals surface area (Å²) in [6, 6.07) is 65.5. The Labute approximate surface area is 310 Å². The monoisotopic (exact) mass is 686 g/mol. The molecule has 250 valence electrons. The van der Waals surface area contributed by atoms with Crippen molar-refractivity contribution in [1.82, 2.24) is 0 Å². The molecule has 54 heavy (non-hydrogen) atoms. The summed E-state index contributed by atoms with van der Waals surface area (Å²) in [7, 11) is 0. The van der Waals surface area contributed by atoms with E-state index in [4.69, 9.17) is 8.83 Å². The Morgan fingerprint density at radius 3 is 1.44 bits per heavy atom. The Balaban J connectivity index is 1.08. The zero-order chi connectivity index (χ0) is 35.3. The normalized spacial score (nSPS) is 12.1. The highest BCUT2D eigenvalue weighted by molar-refractivity contribution is 6.24. The lowest BCUT2D eigenvalue weighted by molar-refractivity contribution is 0.668. The summed E-state index contributed by atoms with van der Waals surface area (Å²) in [5.41, 5.74) is 10.6. The third-order valence-corrected chi connectivity index (χ3v) is 11.4. The van der Waals surface area contributed by atoms with Gasteiger partial charge in [-0.15, -0.1) is 0 Å². The number of rotatable bonds is 3. The van der Waals surface area contributed by atoms with Gasteiger partial charge >= 0.3 is 0 Å². The minimum Gasteiger partial charge on any atom is -0.456 e. The van der Waals surface area contributed by atoms with E-state index in [9.17, 15) is 0 Å². The standard InChI is InChI=1S/C52H30O2/c1-3-15-35-31(12-1)14-11-22-40(35)51-43-20-7-5-18-41(43)49(42-19-6-8-21-44(42)51)33-24-26-38-39-27-25-34(30-48(39)53-47(38)29-33)50-36-16-4-2-13-32(36)28-45-37-17-9-10-23-46(37)54-52(45)50/h1-30H. The zero-order valence-corrected chi connectivity index (χ0v) is 29.1. The molecule has 0 N–H and O–H groups in total. The summed E-state index contributed by atoms with van der Waals surface area (Å²) >= 11 is 0. The highest BCUT2D eigenvalue weighted by Gasteiger charge is 2.20. The molecule has 0 atom stereocenters. The highest BCUT2D eigenvalue weighted by Crippen LogP contribution is 2.47. The Bertz CT molecular complexity index is 3440. The molecule has 12 aromatic rings. The predicted molar refractivity (Wildman–Crippen MR) is 227 cm³/mol. The van der Waals surface area contributed by atoms with E-state index in [1.165, 1.54) is 54.4 Å². The number of hydrogen-bond acceptors (Lipinski definition) is 2.